The molecule has 5 nitrogen and oxygen atoms in total. The fraction of sp³-hybridized carbons (Fsp3) is 0.500. The molecule has 0 spiro atoms. The molecule has 0 saturated carbocycles. The molecular weight excluding hydrogens is 336 g/mol. The zero-order chi connectivity index (χ0) is 19.4. The highest BCUT2D eigenvalue weighted by atomic mass is 16.1. The molecule has 1 atom stereocenters. The molecule has 1 N–H and O–H groups in total. The van der Waals surface area contributed by atoms with Crippen LogP contribution >= 0.6 is 0 Å². The summed E-state index contributed by atoms with van der Waals surface area (Å²) >= 11 is 0. The number of carbonyl (C=O) groups is 1. The van der Waals surface area contributed by atoms with Crippen LogP contribution in [0.1, 0.15) is 56.0 Å². The Labute approximate surface area is 162 Å². The van der Waals surface area contributed by atoms with Gasteiger partial charge in [0.05, 0.1) is 0 Å². The van der Waals surface area contributed by atoms with Gasteiger partial charge in [0, 0.05) is 36.1 Å². The normalized spacial score (nSPS) is 16.2. The van der Waals surface area contributed by atoms with Crippen LogP contribution in [0.5, 0.6) is 0 Å². The number of anilines is 2. The summed E-state index contributed by atoms with van der Waals surface area (Å²) in [7, 11) is 0. The Morgan fingerprint density at radius 2 is 1.74 bits per heavy atom. The molecule has 1 aromatic heterocycles. The fourth-order valence-corrected chi connectivity index (χ4v) is 3.57. The number of carbonyl (C=O) groups excluding carboxylic acids is 1. The van der Waals surface area contributed by atoms with Crippen molar-refractivity contribution < 1.29 is 4.79 Å². The summed E-state index contributed by atoms with van der Waals surface area (Å²) in [5.74, 6) is 1.49. The van der Waals surface area contributed by atoms with Crippen LogP contribution in [0, 0.1) is 19.8 Å². The van der Waals surface area contributed by atoms with Crippen molar-refractivity contribution in [3.63, 3.8) is 0 Å². The number of piperidine rings is 1. The molecule has 3 rings (SSSR count). The number of rotatable bonds is 5. The van der Waals surface area contributed by atoms with Crippen LogP contribution in [-0.2, 0) is 4.79 Å². The van der Waals surface area contributed by atoms with Crippen LogP contribution in [0.15, 0.2) is 30.3 Å². The minimum atomic E-state index is 0.0430. The van der Waals surface area contributed by atoms with Gasteiger partial charge in [-0.2, -0.15) is 0 Å². The molecule has 1 fully saturated rings. The van der Waals surface area contributed by atoms with Gasteiger partial charge in [-0.3, -0.25) is 4.79 Å². The molecule has 144 valence electrons. The lowest BCUT2D eigenvalue weighted by molar-refractivity contribution is -0.120. The van der Waals surface area contributed by atoms with Gasteiger partial charge in [-0.05, 0) is 62.8 Å². The van der Waals surface area contributed by atoms with E-state index in [9.17, 15) is 4.79 Å². The van der Waals surface area contributed by atoms with Crippen LogP contribution in [0.4, 0.5) is 11.6 Å². The van der Waals surface area contributed by atoms with Gasteiger partial charge in [-0.15, -0.1) is 0 Å². The Bertz CT molecular complexity index is 759. The molecule has 0 unspecified atom stereocenters. The summed E-state index contributed by atoms with van der Waals surface area (Å²) in [6.07, 6.45) is 2.77. The third kappa shape index (κ3) is 4.85. The molecule has 1 aliphatic rings. The van der Waals surface area contributed by atoms with Gasteiger partial charge in [-0.25, -0.2) is 9.97 Å². The van der Waals surface area contributed by atoms with Gasteiger partial charge < -0.3 is 10.2 Å². The van der Waals surface area contributed by atoms with Crippen molar-refractivity contribution in [3.8, 4) is 0 Å². The van der Waals surface area contributed by atoms with Gasteiger partial charge in [0.1, 0.15) is 0 Å². The second-order valence-electron chi connectivity index (χ2n) is 7.63. The van der Waals surface area contributed by atoms with E-state index in [1.54, 1.807) is 0 Å². The van der Waals surface area contributed by atoms with Gasteiger partial charge in [-0.1, -0.05) is 26.0 Å². The fourth-order valence-electron chi connectivity index (χ4n) is 3.57. The first-order chi connectivity index (χ1) is 13.0. The Morgan fingerprint density at radius 1 is 1.15 bits per heavy atom. The zero-order valence-corrected chi connectivity index (χ0v) is 16.8. The first kappa shape index (κ1) is 19.3. The number of nitrogens with one attached hydrogen (secondary N) is 1. The van der Waals surface area contributed by atoms with Crippen molar-refractivity contribution in [2.75, 3.05) is 23.3 Å². The molecule has 0 bridgehead atoms. The highest BCUT2D eigenvalue weighted by Crippen LogP contribution is 2.24. The lowest BCUT2D eigenvalue weighted by Gasteiger charge is -2.31. The first-order valence-electron chi connectivity index (χ1n) is 9.94. The van der Waals surface area contributed by atoms with E-state index in [1.165, 1.54) is 5.56 Å². The van der Waals surface area contributed by atoms with Crippen LogP contribution in [0.25, 0.3) is 0 Å². The van der Waals surface area contributed by atoms with E-state index < -0.39 is 0 Å². The molecule has 1 saturated heterocycles. The molecule has 0 aliphatic carbocycles. The summed E-state index contributed by atoms with van der Waals surface area (Å²) < 4.78 is 0. The Hall–Kier alpha value is -2.43. The minimum Gasteiger partial charge on any atom is -0.341 e. The molecule has 1 aliphatic heterocycles. The summed E-state index contributed by atoms with van der Waals surface area (Å²) in [6.45, 7) is 10.0. The van der Waals surface area contributed by atoms with E-state index in [0.717, 1.165) is 55.4 Å². The summed E-state index contributed by atoms with van der Waals surface area (Å²) in [5.41, 5.74) is 4.17. The van der Waals surface area contributed by atoms with E-state index in [-0.39, 0.29) is 11.8 Å². The van der Waals surface area contributed by atoms with Gasteiger partial charge in [0.25, 0.3) is 0 Å². The minimum absolute atomic E-state index is 0.0430. The highest BCUT2D eigenvalue weighted by molar-refractivity contribution is 5.92. The third-order valence-corrected chi connectivity index (χ3v) is 5.48. The van der Waals surface area contributed by atoms with E-state index in [2.05, 4.69) is 46.2 Å². The average molecular weight is 367 g/mol. The monoisotopic (exact) mass is 366 g/mol. The smallest absolute Gasteiger partial charge is 0.227 e. The molecule has 2 heterocycles. The van der Waals surface area contributed by atoms with E-state index >= 15 is 0 Å². The molecule has 1 aromatic carbocycles. The molecule has 0 radical (unpaired) electrons. The zero-order valence-electron chi connectivity index (χ0n) is 16.8. The molecule has 2 aromatic rings. The molecule has 27 heavy (non-hydrogen) atoms. The molecular formula is C22H30N4O. The average Bonchev–Trinajstić information content (AvgIpc) is 2.67. The van der Waals surface area contributed by atoms with Crippen LogP contribution in [0.2, 0.25) is 0 Å². The predicted molar refractivity (Wildman–Crippen MR) is 110 cm³/mol. The highest BCUT2D eigenvalue weighted by Gasteiger charge is 2.26. The third-order valence-electron chi connectivity index (χ3n) is 5.48. The van der Waals surface area contributed by atoms with Gasteiger partial charge in [0.15, 0.2) is 0 Å². The number of nitrogens with zero attached hydrogens (tertiary/aromatic N) is 3. The quantitative estimate of drug-likeness (QED) is 0.849. The number of benzene rings is 1. The van der Waals surface area contributed by atoms with Crippen LogP contribution in [0.3, 0.4) is 0 Å². The number of aryl methyl sites for hydroxylation is 2. The lowest BCUT2D eigenvalue weighted by atomic mass is 9.95. The second-order valence-corrected chi connectivity index (χ2v) is 7.63. The number of aromatic nitrogens is 2. The van der Waals surface area contributed by atoms with Crippen molar-refractivity contribution >= 4 is 17.5 Å². The molecule has 1 amide bonds. The van der Waals surface area contributed by atoms with Crippen LogP contribution in [-0.4, -0.2) is 29.0 Å². The Kier molecular flexibility index (Phi) is 6.09. The maximum atomic E-state index is 12.6. The first-order valence-corrected chi connectivity index (χ1v) is 9.94. The second kappa shape index (κ2) is 8.51. The predicted octanol–water partition coefficient (Wildman–Crippen LogP) is 4.46. The number of amides is 1. The van der Waals surface area contributed by atoms with E-state index in [1.807, 2.05) is 32.0 Å². The lowest BCUT2D eigenvalue weighted by Crippen LogP contribution is -2.39. The summed E-state index contributed by atoms with van der Waals surface area (Å²) in [6, 6.07) is 10.2. The summed E-state index contributed by atoms with van der Waals surface area (Å²) in [4.78, 5) is 23.9. The Balaban J connectivity index is 1.55. The summed E-state index contributed by atoms with van der Waals surface area (Å²) in [5, 5.41) is 3.08. The SMILES string of the molecule is CC[C@@H](C)c1ccc(NC(=O)C2CCN(c3nc(C)cc(C)n3)CC2)cc1. The topological polar surface area (TPSA) is 58.1 Å². The van der Waals surface area contributed by atoms with E-state index in [4.69, 9.17) is 0 Å². The van der Waals surface area contributed by atoms with Crippen molar-refractivity contribution in [2.45, 2.75) is 52.9 Å². The van der Waals surface area contributed by atoms with Crippen molar-refractivity contribution in [1.82, 2.24) is 9.97 Å². The number of hydrogen-bond donors (Lipinski definition) is 1. The number of hydrogen-bond acceptors (Lipinski definition) is 4. The maximum Gasteiger partial charge on any atom is 0.227 e. The van der Waals surface area contributed by atoms with Crippen LogP contribution < -0.4 is 10.2 Å². The van der Waals surface area contributed by atoms with Crippen molar-refractivity contribution in [1.29, 1.82) is 0 Å². The van der Waals surface area contributed by atoms with Crippen molar-refractivity contribution in [3.05, 3.63) is 47.3 Å². The Morgan fingerprint density at radius 3 is 2.30 bits per heavy atom. The van der Waals surface area contributed by atoms with Gasteiger partial charge in [0.2, 0.25) is 11.9 Å². The van der Waals surface area contributed by atoms with Crippen molar-refractivity contribution in [2.24, 2.45) is 5.92 Å². The van der Waals surface area contributed by atoms with E-state index in [0.29, 0.717) is 5.92 Å². The maximum absolute atomic E-state index is 12.6. The van der Waals surface area contributed by atoms with Gasteiger partial charge >= 0.3 is 0 Å². The largest absolute Gasteiger partial charge is 0.341 e. The standard InChI is InChI=1S/C22H30N4O/c1-5-15(2)18-6-8-20(9-7-18)25-21(27)19-10-12-26(13-11-19)22-23-16(3)14-17(4)24-22/h6-9,14-15,19H,5,10-13H2,1-4H3,(H,25,27)/t15-/m1/s1. The molecule has 5 heteroatoms.